The molecule has 26 heavy (non-hydrogen) atoms. The van der Waals surface area contributed by atoms with Gasteiger partial charge in [0.2, 0.25) is 5.79 Å². The Morgan fingerprint density at radius 3 is 2.65 bits per heavy atom. The third kappa shape index (κ3) is 4.37. The lowest BCUT2D eigenvalue weighted by Gasteiger charge is -2.38. The largest absolute Gasteiger partial charge is 0.493 e. The fourth-order valence-corrected chi connectivity index (χ4v) is 3.41. The summed E-state index contributed by atoms with van der Waals surface area (Å²) in [5.41, 5.74) is 7.53. The van der Waals surface area contributed by atoms with Gasteiger partial charge in [-0.05, 0) is 40.2 Å². The summed E-state index contributed by atoms with van der Waals surface area (Å²) in [7, 11) is 0. The second kappa shape index (κ2) is 8.84. The van der Waals surface area contributed by atoms with E-state index >= 15 is 0 Å². The molecule has 0 aliphatic carbocycles. The first-order valence-corrected chi connectivity index (χ1v) is 9.56. The van der Waals surface area contributed by atoms with Gasteiger partial charge in [-0.15, -0.1) is 0 Å². The summed E-state index contributed by atoms with van der Waals surface area (Å²) < 4.78 is 11.4. The van der Waals surface area contributed by atoms with Crippen molar-refractivity contribution in [3.8, 4) is 5.75 Å². The molecule has 3 N–H and O–H groups in total. The summed E-state index contributed by atoms with van der Waals surface area (Å²) in [5, 5.41) is 3.19. The van der Waals surface area contributed by atoms with Gasteiger partial charge in [-0.2, -0.15) is 0 Å². The fourth-order valence-electron chi connectivity index (χ4n) is 3.41. The number of carbonyl (C=O) groups excluding carboxylic acids is 1. The minimum absolute atomic E-state index is 0.0448. The van der Waals surface area contributed by atoms with Crippen LogP contribution in [0.1, 0.15) is 59.1 Å². The summed E-state index contributed by atoms with van der Waals surface area (Å²) in [6, 6.07) is 7.95. The van der Waals surface area contributed by atoms with Crippen LogP contribution in [-0.4, -0.2) is 42.0 Å². The van der Waals surface area contributed by atoms with Crippen LogP contribution < -0.4 is 15.8 Å². The topological polar surface area (TPSA) is 76.8 Å². The van der Waals surface area contributed by atoms with Gasteiger partial charge in [0.25, 0.3) is 0 Å². The highest BCUT2D eigenvalue weighted by Crippen LogP contribution is 2.37. The Kier molecular flexibility index (Phi) is 7.03. The minimum Gasteiger partial charge on any atom is -0.493 e. The van der Waals surface area contributed by atoms with Gasteiger partial charge in [0, 0.05) is 18.2 Å². The number of para-hydroxylation sites is 1. The van der Waals surface area contributed by atoms with Crippen molar-refractivity contribution in [3.05, 3.63) is 29.8 Å². The van der Waals surface area contributed by atoms with Gasteiger partial charge in [-0.3, -0.25) is 16.0 Å². The number of nitrogens with two attached hydrogens (primary N) is 1. The highest BCUT2D eigenvalue weighted by atomic mass is 16.5. The number of hydrogen-bond donors (Lipinski definition) is 2. The number of nitrogens with one attached hydrogen (secondary N) is 1. The first-order valence-electron chi connectivity index (χ1n) is 9.56. The molecule has 1 aliphatic rings. The molecular weight excluding hydrogens is 330 g/mol. The fraction of sp³-hybridized carbons (Fsp3) is 0.650. The summed E-state index contributed by atoms with van der Waals surface area (Å²) >= 11 is 0. The second-order valence-corrected chi connectivity index (χ2v) is 7.36. The van der Waals surface area contributed by atoms with Gasteiger partial charge >= 0.3 is 5.97 Å². The van der Waals surface area contributed by atoms with Gasteiger partial charge in [0.15, 0.2) is 0 Å². The van der Waals surface area contributed by atoms with Gasteiger partial charge in [-0.1, -0.05) is 31.5 Å². The number of esters is 1. The van der Waals surface area contributed by atoms with Crippen molar-refractivity contribution in [2.75, 3.05) is 13.2 Å². The van der Waals surface area contributed by atoms with Crippen LogP contribution in [-0.2, 0) is 9.53 Å². The van der Waals surface area contributed by atoms with Crippen molar-refractivity contribution >= 4 is 5.97 Å². The smallest absolute Gasteiger partial charge is 0.357 e. The maximum absolute atomic E-state index is 12.7. The van der Waals surface area contributed by atoms with E-state index < -0.39 is 11.8 Å². The number of carbonyl (C=O) groups is 1. The molecule has 0 amide bonds. The molecule has 0 saturated carbocycles. The van der Waals surface area contributed by atoms with Crippen LogP contribution in [0.15, 0.2) is 24.3 Å². The van der Waals surface area contributed by atoms with E-state index in [1.165, 1.54) is 0 Å². The van der Waals surface area contributed by atoms with Crippen molar-refractivity contribution in [3.63, 3.8) is 0 Å². The Bertz CT molecular complexity index is 606. The van der Waals surface area contributed by atoms with Crippen molar-refractivity contribution < 1.29 is 14.3 Å². The Labute approximate surface area is 157 Å². The van der Waals surface area contributed by atoms with Crippen molar-refractivity contribution in [1.82, 2.24) is 10.2 Å². The molecule has 1 aliphatic heterocycles. The van der Waals surface area contributed by atoms with E-state index in [1.807, 2.05) is 56.9 Å². The van der Waals surface area contributed by atoms with Crippen LogP contribution in [0.3, 0.4) is 0 Å². The van der Waals surface area contributed by atoms with Crippen molar-refractivity contribution in [1.29, 1.82) is 0 Å². The summed E-state index contributed by atoms with van der Waals surface area (Å²) in [4.78, 5) is 14.7. The zero-order chi connectivity index (χ0) is 19.3. The SMILES string of the molecule is CCCCOc1ccccc1C1CNC(N)(C(=O)OC(C)C)N1C(C)C. The quantitative estimate of drug-likeness (QED) is 0.546. The molecule has 0 spiro atoms. The monoisotopic (exact) mass is 363 g/mol. The molecule has 2 atom stereocenters. The standard InChI is InChI=1S/C20H33N3O3/c1-6-7-12-25-18-11-9-8-10-16(18)17-13-22-20(21,23(17)14(2)3)19(24)26-15(4)5/h8-11,14-15,17,22H,6-7,12-13,21H2,1-5H3. The first kappa shape index (κ1) is 20.7. The molecule has 1 aromatic rings. The van der Waals surface area contributed by atoms with Gasteiger partial charge in [0.1, 0.15) is 5.75 Å². The molecule has 1 fully saturated rings. The lowest BCUT2D eigenvalue weighted by atomic mass is 10.0. The number of rotatable bonds is 8. The van der Waals surface area contributed by atoms with E-state index in [9.17, 15) is 4.79 Å². The van der Waals surface area contributed by atoms with Crippen molar-refractivity contribution in [2.45, 2.75) is 71.4 Å². The maximum atomic E-state index is 12.7. The van der Waals surface area contributed by atoms with Gasteiger partial charge in [0.05, 0.1) is 18.8 Å². The van der Waals surface area contributed by atoms with Crippen LogP contribution in [0.2, 0.25) is 0 Å². The summed E-state index contributed by atoms with van der Waals surface area (Å²) in [6.07, 6.45) is 1.87. The van der Waals surface area contributed by atoms with E-state index in [2.05, 4.69) is 12.2 Å². The summed E-state index contributed by atoms with van der Waals surface area (Å²) in [5.74, 6) is -0.951. The van der Waals surface area contributed by atoms with E-state index in [-0.39, 0.29) is 18.2 Å². The highest BCUT2D eigenvalue weighted by Gasteiger charge is 2.52. The molecule has 1 saturated heterocycles. The Morgan fingerprint density at radius 1 is 1.35 bits per heavy atom. The molecule has 1 aromatic carbocycles. The van der Waals surface area contributed by atoms with E-state index in [1.54, 1.807) is 0 Å². The molecule has 0 aromatic heterocycles. The van der Waals surface area contributed by atoms with E-state index in [0.29, 0.717) is 13.2 Å². The normalized spacial score (nSPS) is 23.6. The average molecular weight is 364 g/mol. The summed E-state index contributed by atoms with van der Waals surface area (Å²) in [6.45, 7) is 11.1. The lowest BCUT2D eigenvalue weighted by Crippen LogP contribution is -2.67. The number of unbranched alkanes of at least 4 members (excludes halogenated alkanes) is 1. The third-order valence-corrected chi connectivity index (χ3v) is 4.55. The lowest BCUT2D eigenvalue weighted by molar-refractivity contribution is -0.164. The molecular formula is C20H33N3O3. The van der Waals surface area contributed by atoms with Crippen molar-refractivity contribution in [2.24, 2.45) is 5.73 Å². The Morgan fingerprint density at radius 2 is 2.04 bits per heavy atom. The molecule has 6 heteroatoms. The zero-order valence-electron chi connectivity index (χ0n) is 16.6. The first-order chi connectivity index (χ1) is 12.3. The van der Waals surface area contributed by atoms with E-state index in [4.69, 9.17) is 15.2 Å². The van der Waals surface area contributed by atoms with Gasteiger partial charge < -0.3 is 9.47 Å². The Balaban J connectivity index is 2.31. The number of nitrogens with zero attached hydrogens (tertiary/aromatic N) is 1. The highest BCUT2D eigenvalue weighted by molar-refractivity contribution is 5.80. The molecule has 2 rings (SSSR count). The van der Waals surface area contributed by atoms with E-state index in [0.717, 1.165) is 24.2 Å². The van der Waals surface area contributed by atoms with Crippen LogP contribution in [0.5, 0.6) is 5.75 Å². The van der Waals surface area contributed by atoms with Crippen LogP contribution in [0.25, 0.3) is 0 Å². The molecule has 0 bridgehead atoms. The van der Waals surface area contributed by atoms with Crippen LogP contribution >= 0.6 is 0 Å². The maximum Gasteiger partial charge on any atom is 0.357 e. The molecule has 2 unspecified atom stereocenters. The molecule has 0 radical (unpaired) electrons. The number of ether oxygens (including phenoxy) is 2. The third-order valence-electron chi connectivity index (χ3n) is 4.55. The number of hydrogen-bond acceptors (Lipinski definition) is 6. The average Bonchev–Trinajstić information content (AvgIpc) is 2.94. The molecule has 1 heterocycles. The van der Waals surface area contributed by atoms with Gasteiger partial charge in [-0.25, -0.2) is 4.79 Å². The van der Waals surface area contributed by atoms with Crippen LogP contribution in [0.4, 0.5) is 0 Å². The minimum atomic E-state index is -1.35. The predicted molar refractivity (Wildman–Crippen MR) is 103 cm³/mol. The number of benzene rings is 1. The predicted octanol–water partition coefficient (Wildman–Crippen LogP) is 2.78. The molecule has 6 nitrogen and oxygen atoms in total. The zero-order valence-corrected chi connectivity index (χ0v) is 16.6. The Hall–Kier alpha value is -1.63. The van der Waals surface area contributed by atoms with Crippen LogP contribution in [0, 0.1) is 0 Å². The molecule has 146 valence electrons. The second-order valence-electron chi connectivity index (χ2n) is 7.36.